The summed E-state index contributed by atoms with van der Waals surface area (Å²) in [6, 6.07) is 11.7. The van der Waals surface area contributed by atoms with Crippen molar-refractivity contribution >= 4 is 11.0 Å². The van der Waals surface area contributed by atoms with Gasteiger partial charge < -0.3 is 29.6 Å². The lowest BCUT2D eigenvalue weighted by molar-refractivity contribution is -0.163. The number of phenols is 2. The summed E-state index contributed by atoms with van der Waals surface area (Å²) in [7, 11) is 0. The Hall–Kier alpha value is -2.87. The third-order valence-corrected chi connectivity index (χ3v) is 5.11. The molecule has 146 valence electrons. The van der Waals surface area contributed by atoms with Gasteiger partial charge in [-0.15, -0.1) is 0 Å². The van der Waals surface area contributed by atoms with E-state index in [1.54, 1.807) is 19.1 Å². The zero-order valence-corrected chi connectivity index (χ0v) is 15.1. The number of hydrogen-bond acceptors (Lipinski definition) is 7. The number of phenolic OH excluding ortho intramolecular Hbond substituents is 2. The smallest absolute Gasteiger partial charge is 0.197 e. The summed E-state index contributed by atoms with van der Waals surface area (Å²) in [5.41, 5.74) is 0.467. The predicted molar refractivity (Wildman–Crippen MR) is 101 cm³/mol. The largest absolute Gasteiger partial charge is 0.504 e. The molecule has 2 heterocycles. The highest BCUT2D eigenvalue weighted by Crippen LogP contribution is 2.43. The lowest BCUT2D eigenvalue weighted by atomic mass is 9.93. The van der Waals surface area contributed by atoms with Crippen LogP contribution in [-0.2, 0) is 4.74 Å². The molecule has 1 aliphatic heterocycles. The maximum absolute atomic E-state index is 12.5. The van der Waals surface area contributed by atoms with Gasteiger partial charge >= 0.3 is 0 Å². The molecule has 0 saturated carbocycles. The lowest BCUT2D eigenvalue weighted by Crippen LogP contribution is -2.43. The van der Waals surface area contributed by atoms with Crippen LogP contribution in [0.15, 0.2) is 51.7 Å². The standard InChI is InChI=1S/C21H20O7/c1-10-19(24)14(23)9-16(27-10)12-7-17-18(21(26)20(12)25)13(22)8-15(28-17)11-5-3-2-4-6-11/h2-8,10,14,16,19,23-26H,9H2,1H3. The van der Waals surface area contributed by atoms with Gasteiger partial charge in [-0.2, -0.15) is 0 Å². The molecule has 2 aromatic carbocycles. The zero-order valence-electron chi connectivity index (χ0n) is 15.1. The first-order valence-electron chi connectivity index (χ1n) is 8.96. The Morgan fingerprint density at radius 2 is 1.75 bits per heavy atom. The Morgan fingerprint density at radius 1 is 1.04 bits per heavy atom. The molecule has 1 aliphatic rings. The summed E-state index contributed by atoms with van der Waals surface area (Å²) in [4.78, 5) is 12.5. The Balaban J connectivity index is 1.87. The summed E-state index contributed by atoms with van der Waals surface area (Å²) in [6.45, 7) is 1.60. The average Bonchev–Trinajstić information content (AvgIpc) is 2.68. The van der Waals surface area contributed by atoms with Gasteiger partial charge in [0.25, 0.3) is 0 Å². The zero-order chi connectivity index (χ0) is 20.0. The lowest BCUT2D eigenvalue weighted by Gasteiger charge is -2.35. The van der Waals surface area contributed by atoms with Crippen LogP contribution in [0.2, 0.25) is 0 Å². The quantitative estimate of drug-likeness (QED) is 0.501. The van der Waals surface area contributed by atoms with Gasteiger partial charge in [0, 0.05) is 23.6 Å². The third-order valence-electron chi connectivity index (χ3n) is 5.11. The molecular weight excluding hydrogens is 364 g/mol. The fourth-order valence-corrected chi connectivity index (χ4v) is 3.57. The van der Waals surface area contributed by atoms with Crippen molar-refractivity contribution < 1.29 is 29.6 Å². The van der Waals surface area contributed by atoms with Crippen LogP contribution >= 0.6 is 0 Å². The van der Waals surface area contributed by atoms with Crippen LogP contribution in [0.1, 0.15) is 25.0 Å². The number of aliphatic hydroxyl groups is 2. The van der Waals surface area contributed by atoms with E-state index in [0.717, 1.165) is 0 Å². The fourth-order valence-electron chi connectivity index (χ4n) is 3.57. The highest BCUT2D eigenvalue weighted by Gasteiger charge is 2.36. The predicted octanol–water partition coefficient (Wildman–Crippen LogP) is 2.44. The number of ether oxygens (including phenoxy) is 1. The normalized spacial score (nSPS) is 25.1. The van der Waals surface area contributed by atoms with Gasteiger partial charge in [-0.3, -0.25) is 4.79 Å². The summed E-state index contributed by atoms with van der Waals surface area (Å²) < 4.78 is 11.5. The molecule has 4 unspecified atom stereocenters. The second kappa shape index (κ2) is 6.94. The summed E-state index contributed by atoms with van der Waals surface area (Å²) in [5, 5.41) is 40.6. The second-order valence-electron chi connectivity index (χ2n) is 7.00. The van der Waals surface area contributed by atoms with E-state index in [4.69, 9.17) is 9.15 Å². The molecule has 1 saturated heterocycles. The maximum Gasteiger partial charge on any atom is 0.197 e. The molecule has 4 atom stereocenters. The molecule has 0 spiro atoms. The van der Waals surface area contributed by atoms with Gasteiger partial charge in [-0.1, -0.05) is 30.3 Å². The van der Waals surface area contributed by atoms with E-state index in [1.165, 1.54) is 12.1 Å². The SMILES string of the molecule is CC1OC(c2cc3oc(-c4ccccc4)cc(=O)c3c(O)c2O)CC(O)C1O. The van der Waals surface area contributed by atoms with Gasteiger partial charge in [0.1, 0.15) is 22.8 Å². The van der Waals surface area contributed by atoms with E-state index >= 15 is 0 Å². The molecule has 7 heteroatoms. The first-order valence-corrected chi connectivity index (χ1v) is 8.96. The van der Waals surface area contributed by atoms with E-state index in [0.29, 0.717) is 11.3 Å². The van der Waals surface area contributed by atoms with Gasteiger partial charge in [0.2, 0.25) is 0 Å². The second-order valence-corrected chi connectivity index (χ2v) is 7.00. The first-order chi connectivity index (χ1) is 13.4. The van der Waals surface area contributed by atoms with E-state index in [2.05, 4.69) is 0 Å². The number of hydrogen-bond donors (Lipinski definition) is 4. The van der Waals surface area contributed by atoms with Crippen LogP contribution < -0.4 is 5.43 Å². The third kappa shape index (κ3) is 3.03. The van der Waals surface area contributed by atoms with Crippen LogP contribution in [0.3, 0.4) is 0 Å². The Labute approximate surface area is 160 Å². The summed E-state index contributed by atoms with van der Waals surface area (Å²) >= 11 is 0. The van der Waals surface area contributed by atoms with Crippen molar-refractivity contribution in [3.05, 3.63) is 58.3 Å². The van der Waals surface area contributed by atoms with Crippen molar-refractivity contribution in [2.24, 2.45) is 0 Å². The van der Waals surface area contributed by atoms with Crippen LogP contribution in [0.4, 0.5) is 0 Å². The Morgan fingerprint density at radius 3 is 2.43 bits per heavy atom. The Kier molecular flexibility index (Phi) is 4.58. The van der Waals surface area contributed by atoms with Crippen LogP contribution in [0, 0.1) is 0 Å². The summed E-state index contributed by atoms with van der Waals surface area (Å²) in [5.74, 6) is -0.784. The molecular formula is C21H20O7. The number of rotatable bonds is 2. The monoisotopic (exact) mass is 384 g/mol. The van der Waals surface area contributed by atoms with Crippen LogP contribution in [0.25, 0.3) is 22.3 Å². The highest BCUT2D eigenvalue weighted by atomic mass is 16.5. The first kappa shape index (κ1) is 18.5. The minimum Gasteiger partial charge on any atom is -0.504 e. The van der Waals surface area contributed by atoms with E-state index < -0.39 is 41.3 Å². The molecule has 4 N–H and O–H groups in total. The molecule has 0 aliphatic carbocycles. The number of fused-ring (bicyclic) bond motifs is 1. The van der Waals surface area contributed by atoms with E-state index in [-0.39, 0.29) is 23.0 Å². The highest BCUT2D eigenvalue weighted by molar-refractivity contribution is 5.88. The van der Waals surface area contributed by atoms with Crippen LogP contribution in [0.5, 0.6) is 11.5 Å². The number of benzene rings is 2. The molecule has 0 amide bonds. The number of aromatic hydroxyl groups is 2. The Bertz CT molecular complexity index is 1060. The van der Waals surface area contributed by atoms with E-state index in [1.807, 2.05) is 18.2 Å². The van der Waals surface area contributed by atoms with Gasteiger partial charge in [0.05, 0.1) is 18.3 Å². The van der Waals surface area contributed by atoms with Gasteiger partial charge in [0.15, 0.2) is 16.9 Å². The van der Waals surface area contributed by atoms with Crippen molar-refractivity contribution in [3.8, 4) is 22.8 Å². The summed E-state index contributed by atoms with van der Waals surface area (Å²) in [6.07, 6.45) is -3.53. The van der Waals surface area contributed by atoms with Gasteiger partial charge in [-0.25, -0.2) is 0 Å². The molecule has 28 heavy (non-hydrogen) atoms. The molecule has 7 nitrogen and oxygen atoms in total. The van der Waals surface area contributed by atoms with Crippen LogP contribution in [-0.4, -0.2) is 38.7 Å². The topological polar surface area (TPSA) is 120 Å². The maximum atomic E-state index is 12.5. The van der Waals surface area contributed by atoms with Crippen molar-refractivity contribution in [2.45, 2.75) is 37.8 Å². The molecule has 3 aromatic rings. The van der Waals surface area contributed by atoms with Crippen molar-refractivity contribution in [2.75, 3.05) is 0 Å². The molecule has 0 bridgehead atoms. The molecule has 0 radical (unpaired) electrons. The number of aliphatic hydroxyl groups excluding tert-OH is 2. The fraction of sp³-hybridized carbons (Fsp3) is 0.286. The minimum absolute atomic E-state index is 0.0205. The van der Waals surface area contributed by atoms with E-state index in [9.17, 15) is 25.2 Å². The van der Waals surface area contributed by atoms with Crippen molar-refractivity contribution in [1.82, 2.24) is 0 Å². The molecule has 4 rings (SSSR count). The van der Waals surface area contributed by atoms with Gasteiger partial charge in [-0.05, 0) is 13.0 Å². The van der Waals surface area contributed by atoms with Crippen molar-refractivity contribution in [1.29, 1.82) is 0 Å². The average molecular weight is 384 g/mol. The van der Waals surface area contributed by atoms with Crippen molar-refractivity contribution in [3.63, 3.8) is 0 Å². The minimum atomic E-state index is -1.05. The molecule has 1 fully saturated rings. The molecule has 1 aromatic heterocycles.